The minimum atomic E-state index is -4.24. The molecule has 1 aromatic rings. The Morgan fingerprint density at radius 1 is 1.10 bits per heavy atom. The molecule has 0 saturated carbocycles. The summed E-state index contributed by atoms with van der Waals surface area (Å²) < 4.78 is 37.7. The first-order valence-corrected chi connectivity index (χ1v) is 7.36. The van der Waals surface area contributed by atoms with Gasteiger partial charge in [0.1, 0.15) is 0 Å². The number of alkyl halides is 3. The molecule has 112 valence electrons. The second-order valence-corrected chi connectivity index (χ2v) is 5.54. The molecule has 0 radical (unpaired) electrons. The van der Waals surface area contributed by atoms with E-state index in [0.717, 1.165) is 37.9 Å². The van der Waals surface area contributed by atoms with E-state index < -0.39 is 11.7 Å². The van der Waals surface area contributed by atoms with Gasteiger partial charge in [0.15, 0.2) is 0 Å². The maximum Gasteiger partial charge on any atom is 0.416 e. The summed E-state index contributed by atoms with van der Waals surface area (Å²) in [4.78, 5) is 2.45. The van der Waals surface area contributed by atoms with Crippen molar-refractivity contribution in [3.05, 3.63) is 35.4 Å². The second-order valence-electron chi connectivity index (χ2n) is 5.54. The second kappa shape index (κ2) is 6.17. The topological polar surface area (TPSA) is 3.24 Å². The van der Waals surface area contributed by atoms with Crippen molar-refractivity contribution in [1.82, 2.24) is 4.90 Å². The van der Waals surface area contributed by atoms with Gasteiger partial charge in [-0.3, -0.25) is 0 Å². The molecule has 1 fully saturated rings. The SMILES string of the molecule is CCC1CCC(c2ccc(C(F)(F)F)cc2)CN1CC. The van der Waals surface area contributed by atoms with Crippen molar-refractivity contribution in [3.8, 4) is 0 Å². The molecule has 0 spiro atoms. The van der Waals surface area contributed by atoms with Crippen molar-refractivity contribution in [1.29, 1.82) is 0 Å². The lowest BCUT2D eigenvalue weighted by molar-refractivity contribution is -0.137. The van der Waals surface area contributed by atoms with E-state index >= 15 is 0 Å². The van der Waals surface area contributed by atoms with Gasteiger partial charge in [0.05, 0.1) is 5.56 Å². The van der Waals surface area contributed by atoms with E-state index in [1.165, 1.54) is 12.1 Å². The highest BCUT2D eigenvalue weighted by Gasteiger charge is 2.31. The summed E-state index contributed by atoms with van der Waals surface area (Å²) in [6.45, 7) is 6.32. The third-order valence-electron chi connectivity index (χ3n) is 4.41. The Hall–Kier alpha value is -1.03. The minimum Gasteiger partial charge on any atom is -0.300 e. The summed E-state index contributed by atoms with van der Waals surface area (Å²) in [5.74, 6) is 0.361. The molecule has 0 N–H and O–H groups in total. The Kier molecular flexibility index (Phi) is 4.74. The minimum absolute atomic E-state index is 0.361. The van der Waals surface area contributed by atoms with Crippen molar-refractivity contribution in [3.63, 3.8) is 0 Å². The molecule has 2 atom stereocenters. The van der Waals surface area contributed by atoms with Crippen LogP contribution in [0.5, 0.6) is 0 Å². The van der Waals surface area contributed by atoms with Gasteiger partial charge < -0.3 is 4.90 Å². The van der Waals surface area contributed by atoms with Crippen LogP contribution < -0.4 is 0 Å². The van der Waals surface area contributed by atoms with E-state index in [0.29, 0.717) is 12.0 Å². The third-order valence-corrected chi connectivity index (χ3v) is 4.41. The van der Waals surface area contributed by atoms with Crippen molar-refractivity contribution in [2.24, 2.45) is 0 Å². The van der Waals surface area contributed by atoms with E-state index in [1.807, 2.05) is 0 Å². The monoisotopic (exact) mass is 285 g/mol. The molecule has 1 heterocycles. The van der Waals surface area contributed by atoms with Crippen LogP contribution in [0.3, 0.4) is 0 Å². The first kappa shape index (κ1) is 15.4. The van der Waals surface area contributed by atoms with Gasteiger partial charge in [0, 0.05) is 12.6 Å². The molecule has 0 aromatic heterocycles. The quantitative estimate of drug-likeness (QED) is 0.779. The maximum absolute atomic E-state index is 12.6. The zero-order valence-electron chi connectivity index (χ0n) is 12.1. The molecule has 2 unspecified atom stereocenters. The smallest absolute Gasteiger partial charge is 0.300 e. The number of rotatable bonds is 3. The molecule has 20 heavy (non-hydrogen) atoms. The van der Waals surface area contributed by atoms with Gasteiger partial charge in [-0.05, 0) is 49.4 Å². The van der Waals surface area contributed by atoms with Crippen LogP contribution in [0.4, 0.5) is 13.2 Å². The molecule has 1 saturated heterocycles. The number of halogens is 3. The van der Waals surface area contributed by atoms with Crippen molar-refractivity contribution in [2.75, 3.05) is 13.1 Å². The summed E-state index contributed by atoms with van der Waals surface area (Å²) in [5, 5.41) is 0. The lowest BCUT2D eigenvalue weighted by atomic mass is 9.86. The van der Waals surface area contributed by atoms with Gasteiger partial charge in [-0.25, -0.2) is 0 Å². The van der Waals surface area contributed by atoms with Gasteiger partial charge in [0.25, 0.3) is 0 Å². The molecule has 1 aliphatic rings. The van der Waals surface area contributed by atoms with Crippen molar-refractivity contribution in [2.45, 2.75) is 51.2 Å². The van der Waals surface area contributed by atoms with Gasteiger partial charge >= 0.3 is 6.18 Å². The molecule has 0 aliphatic carbocycles. The summed E-state index contributed by atoms with van der Waals surface area (Å²) in [6, 6.07) is 6.33. The number of likely N-dealkylation sites (N-methyl/N-ethyl adjacent to an activating group) is 1. The van der Waals surface area contributed by atoms with Crippen LogP contribution in [0.2, 0.25) is 0 Å². The van der Waals surface area contributed by atoms with Crippen LogP contribution in [-0.4, -0.2) is 24.0 Å². The highest BCUT2D eigenvalue weighted by Crippen LogP contribution is 2.34. The predicted octanol–water partition coefficient (Wildman–Crippen LogP) is 4.68. The van der Waals surface area contributed by atoms with E-state index in [9.17, 15) is 13.2 Å². The molecular formula is C16H22F3N. The van der Waals surface area contributed by atoms with E-state index in [1.54, 1.807) is 12.1 Å². The Labute approximate surface area is 118 Å². The Morgan fingerprint density at radius 2 is 1.75 bits per heavy atom. The highest BCUT2D eigenvalue weighted by molar-refractivity contribution is 5.27. The van der Waals surface area contributed by atoms with Crippen molar-refractivity contribution < 1.29 is 13.2 Å². The third kappa shape index (κ3) is 3.35. The number of hydrogen-bond acceptors (Lipinski definition) is 1. The summed E-state index contributed by atoms with van der Waals surface area (Å²) in [5.41, 5.74) is 0.474. The fourth-order valence-electron chi connectivity index (χ4n) is 3.17. The lowest BCUT2D eigenvalue weighted by Crippen LogP contribution is -2.42. The van der Waals surface area contributed by atoms with Crippen LogP contribution >= 0.6 is 0 Å². The maximum atomic E-state index is 12.6. The Balaban J connectivity index is 2.09. The van der Waals surface area contributed by atoms with Crippen LogP contribution in [0.15, 0.2) is 24.3 Å². The van der Waals surface area contributed by atoms with Gasteiger partial charge in [0.2, 0.25) is 0 Å². The van der Waals surface area contributed by atoms with E-state index in [2.05, 4.69) is 18.7 Å². The molecule has 1 aliphatic heterocycles. The van der Waals surface area contributed by atoms with E-state index in [4.69, 9.17) is 0 Å². The molecule has 1 nitrogen and oxygen atoms in total. The number of hydrogen-bond donors (Lipinski definition) is 0. The normalized spacial score (nSPS) is 24.9. The summed E-state index contributed by atoms with van der Waals surface area (Å²) in [7, 11) is 0. The zero-order chi connectivity index (χ0) is 14.8. The zero-order valence-corrected chi connectivity index (χ0v) is 12.1. The lowest BCUT2D eigenvalue weighted by Gasteiger charge is -2.39. The molecule has 4 heteroatoms. The number of benzene rings is 1. The van der Waals surface area contributed by atoms with Gasteiger partial charge in [-0.1, -0.05) is 26.0 Å². The van der Waals surface area contributed by atoms with Crippen LogP contribution in [0.25, 0.3) is 0 Å². The Morgan fingerprint density at radius 3 is 2.25 bits per heavy atom. The first-order chi connectivity index (χ1) is 9.45. The Bertz CT molecular complexity index is 424. The predicted molar refractivity (Wildman–Crippen MR) is 74.7 cm³/mol. The van der Waals surface area contributed by atoms with Crippen molar-refractivity contribution >= 4 is 0 Å². The highest BCUT2D eigenvalue weighted by atomic mass is 19.4. The molecule has 0 bridgehead atoms. The van der Waals surface area contributed by atoms with Crippen LogP contribution in [-0.2, 0) is 6.18 Å². The fraction of sp³-hybridized carbons (Fsp3) is 0.625. The summed E-state index contributed by atoms with van der Waals surface area (Å²) >= 11 is 0. The molecule has 2 rings (SSSR count). The molecule has 1 aromatic carbocycles. The van der Waals surface area contributed by atoms with Gasteiger partial charge in [-0.15, -0.1) is 0 Å². The number of likely N-dealkylation sites (tertiary alicyclic amines) is 1. The molecule has 0 amide bonds. The average molecular weight is 285 g/mol. The van der Waals surface area contributed by atoms with E-state index in [-0.39, 0.29) is 0 Å². The first-order valence-electron chi connectivity index (χ1n) is 7.36. The summed E-state index contributed by atoms with van der Waals surface area (Å²) in [6.07, 6.45) is -0.891. The average Bonchev–Trinajstić information content (AvgIpc) is 2.45. The van der Waals surface area contributed by atoms with Crippen LogP contribution in [0.1, 0.15) is 50.2 Å². The molecular weight excluding hydrogens is 263 g/mol. The number of piperidine rings is 1. The fourth-order valence-corrected chi connectivity index (χ4v) is 3.17. The largest absolute Gasteiger partial charge is 0.416 e. The standard InChI is InChI=1S/C16H22F3N/c1-3-15-10-7-13(11-20(15)4-2)12-5-8-14(9-6-12)16(17,18)19/h5-6,8-9,13,15H,3-4,7,10-11H2,1-2H3. The van der Waals surface area contributed by atoms with Gasteiger partial charge in [-0.2, -0.15) is 13.2 Å². The van der Waals surface area contributed by atoms with Crippen LogP contribution in [0, 0.1) is 0 Å². The number of nitrogens with zero attached hydrogens (tertiary/aromatic N) is 1.